The van der Waals surface area contributed by atoms with Crippen LogP contribution in [0.3, 0.4) is 0 Å². The van der Waals surface area contributed by atoms with E-state index in [1.807, 2.05) is 6.92 Å². The average molecular weight is 291 g/mol. The van der Waals surface area contributed by atoms with E-state index in [1.165, 1.54) is 18.3 Å². The highest BCUT2D eigenvalue weighted by atomic mass is 16.6. The van der Waals surface area contributed by atoms with Crippen molar-refractivity contribution in [3.05, 3.63) is 46.3 Å². The highest BCUT2D eigenvalue weighted by Crippen LogP contribution is 2.33. The SMILES string of the molecule is CCCOc1cccc(-n2cc(C(=O)O)cn2)c1[N+](=O)[O-]. The molecular formula is C13H13N3O5. The first-order chi connectivity index (χ1) is 10.0. The fourth-order valence-corrected chi connectivity index (χ4v) is 1.77. The zero-order chi connectivity index (χ0) is 15.4. The first-order valence-electron chi connectivity index (χ1n) is 6.23. The quantitative estimate of drug-likeness (QED) is 0.646. The molecule has 8 nitrogen and oxygen atoms in total. The largest absolute Gasteiger partial charge is 0.487 e. The molecule has 8 heteroatoms. The Balaban J connectivity index is 2.51. The van der Waals surface area contributed by atoms with Gasteiger partial charge in [0, 0.05) is 6.20 Å². The normalized spacial score (nSPS) is 10.3. The maximum absolute atomic E-state index is 11.3. The number of carboxylic acid groups (broad SMARTS) is 1. The molecule has 0 aliphatic rings. The number of carbonyl (C=O) groups is 1. The molecule has 0 bridgehead atoms. The fraction of sp³-hybridized carbons (Fsp3) is 0.231. The molecule has 0 aliphatic heterocycles. The number of nitro groups is 1. The highest BCUT2D eigenvalue weighted by molar-refractivity contribution is 5.87. The second-order valence-electron chi connectivity index (χ2n) is 4.21. The molecule has 0 fully saturated rings. The number of nitro benzene ring substituents is 1. The molecule has 2 aromatic rings. The van der Waals surface area contributed by atoms with Crippen molar-refractivity contribution >= 4 is 11.7 Å². The minimum atomic E-state index is -1.15. The van der Waals surface area contributed by atoms with Crippen LogP contribution in [0.2, 0.25) is 0 Å². The number of aromatic nitrogens is 2. The van der Waals surface area contributed by atoms with E-state index in [2.05, 4.69) is 5.10 Å². The van der Waals surface area contributed by atoms with Crippen molar-refractivity contribution in [3.63, 3.8) is 0 Å². The molecule has 0 unspecified atom stereocenters. The van der Waals surface area contributed by atoms with Crippen LogP contribution in [-0.2, 0) is 0 Å². The Morgan fingerprint density at radius 1 is 1.52 bits per heavy atom. The third-order valence-corrected chi connectivity index (χ3v) is 2.70. The van der Waals surface area contributed by atoms with E-state index in [9.17, 15) is 14.9 Å². The number of hydrogen-bond donors (Lipinski definition) is 1. The van der Waals surface area contributed by atoms with Crippen LogP contribution in [0.15, 0.2) is 30.6 Å². The molecule has 0 spiro atoms. The predicted octanol–water partition coefficient (Wildman–Crippen LogP) is 2.27. The van der Waals surface area contributed by atoms with Crippen LogP contribution < -0.4 is 4.74 Å². The zero-order valence-corrected chi connectivity index (χ0v) is 11.2. The number of para-hydroxylation sites is 1. The molecular weight excluding hydrogens is 278 g/mol. The van der Waals surface area contributed by atoms with Crippen molar-refractivity contribution in [2.24, 2.45) is 0 Å². The van der Waals surface area contributed by atoms with Gasteiger partial charge in [-0.3, -0.25) is 10.1 Å². The van der Waals surface area contributed by atoms with Crippen molar-refractivity contribution in [2.75, 3.05) is 6.61 Å². The second-order valence-corrected chi connectivity index (χ2v) is 4.21. The predicted molar refractivity (Wildman–Crippen MR) is 73.0 cm³/mol. The van der Waals surface area contributed by atoms with E-state index in [1.54, 1.807) is 6.07 Å². The number of nitrogens with zero attached hydrogens (tertiary/aromatic N) is 3. The Labute approximate surface area is 119 Å². The summed E-state index contributed by atoms with van der Waals surface area (Å²) >= 11 is 0. The Morgan fingerprint density at radius 2 is 2.29 bits per heavy atom. The van der Waals surface area contributed by atoms with Gasteiger partial charge in [0.05, 0.1) is 23.3 Å². The summed E-state index contributed by atoms with van der Waals surface area (Å²) in [7, 11) is 0. The number of benzene rings is 1. The molecule has 0 saturated heterocycles. The van der Waals surface area contributed by atoms with E-state index in [0.29, 0.717) is 13.0 Å². The minimum absolute atomic E-state index is 0.0517. The van der Waals surface area contributed by atoms with E-state index < -0.39 is 10.9 Å². The summed E-state index contributed by atoms with van der Waals surface area (Å²) < 4.78 is 6.52. The van der Waals surface area contributed by atoms with E-state index >= 15 is 0 Å². The molecule has 1 aromatic carbocycles. The Morgan fingerprint density at radius 3 is 2.86 bits per heavy atom. The first kappa shape index (κ1) is 14.5. The Hall–Kier alpha value is -2.90. The lowest BCUT2D eigenvalue weighted by Gasteiger charge is -2.08. The van der Waals surface area contributed by atoms with Gasteiger partial charge in [0.25, 0.3) is 0 Å². The molecule has 21 heavy (non-hydrogen) atoms. The maximum atomic E-state index is 11.3. The standard InChI is InChI=1S/C13H13N3O5/c1-2-6-21-11-5-3-4-10(12(11)16(19)20)15-8-9(7-14-15)13(17)18/h3-5,7-8H,2,6H2,1H3,(H,17,18). The van der Waals surface area contributed by atoms with Gasteiger partial charge in [-0.2, -0.15) is 5.10 Å². The monoisotopic (exact) mass is 291 g/mol. The van der Waals surface area contributed by atoms with Gasteiger partial charge in [-0.15, -0.1) is 0 Å². The summed E-state index contributed by atoms with van der Waals surface area (Å²) in [5, 5.41) is 24.0. The number of aromatic carboxylic acids is 1. The molecule has 0 atom stereocenters. The van der Waals surface area contributed by atoms with Crippen molar-refractivity contribution in [1.82, 2.24) is 9.78 Å². The third kappa shape index (κ3) is 2.99. The van der Waals surface area contributed by atoms with Gasteiger partial charge >= 0.3 is 11.7 Å². The van der Waals surface area contributed by atoms with Gasteiger partial charge in [-0.05, 0) is 18.6 Å². The van der Waals surface area contributed by atoms with Gasteiger partial charge < -0.3 is 9.84 Å². The van der Waals surface area contributed by atoms with Crippen LogP contribution >= 0.6 is 0 Å². The lowest BCUT2D eigenvalue weighted by molar-refractivity contribution is -0.385. The minimum Gasteiger partial charge on any atom is -0.487 e. The van der Waals surface area contributed by atoms with Crippen LogP contribution in [0, 0.1) is 10.1 Å². The molecule has 0 saturated carbocycles. The molecule has 1 N–H and O–H groups in total. The molecule has 2 rings (SSSR count). The lowest BCUT2D eigenvalue weighted by atomic mass is 10.2. The fourth-order valence-electron chi connectivity index (χ4n) is 1.77. The van der Waals surface area contributed by atoms with Gasteiger partial charge in [-0.25, -0.2) is 9.48 Å². The second kappa shape index (κ2) is 6.04. The van der Waals surface area contributed by atoms with E-state index in [0.717, 1.165) is 10.9 Å². The van der Waals surface area contributed by atoms with Crippen LogP contribution in [0.4, 0.5) is 5.69 Å². The van der Waals surface area contributed by atoms with E-state index in [4.69, 9.17) is 9.84 Å². The lowest BCUT2D eigenvalue weighted by Crippen LogP contribution is -2.05. The highest BCUT2D eigenvalue weighted by Gasteiger charge is 2.23. The van der Waals surface area contributed by atoms with Crippen molar-refractivity contribution < 1.29 is 19.6 Å². The molecule has 0 aliphatic carbocycles. The van der Waals surface area contributed by atoms with Crippen LogP contribution in [-0.4, -0.2) is 32.4 Å². The summed E-state index contributed by atoms with van der Waals surface area (Å²) in [6.07, 6.45) is 3.06. The molecule has 0 radical (unpaired) electrons. The first-order valence-corrected chi connectivity index (χ1v) is 6.23. The molecule has 0 amide bonds. The van der Waals surface area contributed by atoms with Crippen molar-refractivity contribution in [2.45, 2.75) is 13.3 Å². The van der Waals surface area contributed by atoms with Gasteiger partial charge in [0.2, 0.25) is 0 Å². The van der Waals surface area contributed by atoms with Crippen LogP contribution in [0.1, 0.15) is 23.7 Å². The van der Waals surface area contributed by atoms with Gasteiger partial charge in [-0.1, -0.05) is 13.0 Å². The molecule has 110 valence electrons. The zero-order valence-electron chi connectivity index (χ0n) is 11.2. The van der Waals surface area contributed by atoms with Gasteiger partial charge in [0.15, 0.2) is 5.75 Å². The number of ether oxygens (including phenoxy) is 1. The maximum Gasteiger partial charge on any atom is 0.338 e. The number of hydrogen-bond acceptors (Lipinski definition) is 5. The molecule has 1 aromatic heterocycles. The van der Waals surface area contributed by atoms with E-state index in [-0.39, 0.29) is 22.7 Å². The molecule has 1 heterocycles. The smallest absolute Gasteiger partial charge is 0.338 e. The summed E-state index contributed by atoms with van der Waals surface area (Å²) in [4.78, 5) is 21.6. The Kier molecular flexibility index (Phi) is 4.17. The van der Waals surface area contributed by atoms with Crippen LogP contribution in [0.5, 0.6) is 5.75 Å². The summed E-state index contributed by atoms with van der Waals surface area (Å²) in [5.41, 5.74) is -0.142. The third-order valence-electron chi connectivity index (χ3n) is 2.70. The number of carboxylic acids is 1. The van der Waals surface area contributed by atoms with Crippen molar-refractivity contribution in [3.8, 4) is 11.4 Å². The summed E-state index contributed by atoms with van der Waals surface area (Å²) in [6, 6.07) is 4.57. The Bertz CT molecular complexity index is 680. The van der Waals surface area contributed by atoms with Gasteiger partial charge in [0.1, 0.15) is 5.69 Å². The number of rotatable bonds is 6. The van der Waals surface area contributed by atoms with Crippen LogP contribution in [0.25, 0.3) is 5.69 Å². The summed E-state index contributed by atoms with van der Waals surface area (Å²) in [5.74, 6) is -1.02. The summed E-state index contributed by atoms with van der Waals surface area (Å²) in [6.45, 7) is 2.24. The van der Waals surface area contributed by atoms with Crippen molar-refractivity contribution in [1.29, 1.82) is 0 Å². The average Bonchev–Trinajstić information content (AvgIpc) is 2.94. The topological polar surface area (TPSA) is 107 Å².